The third-order valence-corrected chi connectivity index (χ3v) is 3.20. The van der Waals surface area contributed by atoms with Gasteiger partial charge in [0.25, 0.3) is 5.91 Å². The molecule has 1 aromatic rings. The van der Waals surface area contributed by atoms with Crippen molar-refractivity contribution in [2.24, 2.45) is 5.10 Å². The average molecular weight is 341 g/mol. The number of hydrogen-bond donors (Lipinski definition) is 7. The van der Waals surface area contributed by atoms with E-state index in [-0.39, 0.29) is 6.54 Å². The zero-order valence-electron chi connectivity index (χ0n) is 13.2. The van der Waals surface area contributed by atoms with E-state index >= 15 is 0 Å². The van der Waals surface area contributed by atoms with E-state index in [0.717, 1.165) is 17.5 Å². The van der Waals surface area contributed by atoms with Crippen molar-refractivity contribution in [2.45, 2.75) is 31.3 Å². The van der Waals surface area contributed by atoms with E-state index in [1.54, 1.807) is 0 Å². The molecule has 24 heavy (non-hydrogen) atoms. The molecule has 0 heterocycles. The van der Waals surface area contributed by atoms with Gasteiger partial charge in [-0.2, -0.15) is 5.10 Å². The number of aliphatic hydroxyl groups excluding tert-OH is 5. The van der Waals surface area contributed by atoms with Crippen molar-refractivity contribution in [3.63, 3.8) is 0 Å². The fourth-order valence-electron chi connectivity index (χ4n) is 1.70. The lowest BCUT2D eigenvalue weighted by Crippen LogP contribution is -2.46. The van der Waals surface area contributed by atoms with E-state index in [9.17, 15) is 20.1 Å². The highest BCUT2D eigenvalue weighted by Crippen LogP contribution is 2.07. The molecule has 0 unspecified atom stereocenters. The average Bonchev–Trinajstić information content (AvgIpc) is 2.59. The van der Waals surface area contributed by atoms with Crippen LogP contribution in [0.5, 0.6) is 0 Å². The minimum Gasteiger partial charge on any atom is -0.394 e. The monoisotopic (exact) mass is 341 g/mol. The Morgan fingerprint density at radius 2 is 1.79 bits per heavy atom. The second kappa shape index (κ2) is 9.96. The number of aryl methyl sites for hydroxylation is 1. The van der Waals surface area contributed by atoms with Crippen molar-refractivity contribution >= 4 is 17.8 Å². The van der Waals surface area contributed by atoms with Gasteiger partial charge in [-0.25, -0.2) is 5.43 Å². The van der Waals surface area contributed by atoms with Crippen molar-refractivity contribution < 1.29 is 30.3 Å². The zero-order chi connectivity index (χ0) is 18.1. The summed E-state index contributed by atoms with van der Waals surface area (Å²) in [6.45, 7) is 1.12. The van der Waals surface area contributed by atoms with Crippen LogP contribution in [0.25, 0.3) is 0 Å². The van der Waals surface area contributed by atoms with Gasteiger partial charge in [-0.05, 0) is 19.1 Å². The molecular formula is C15H23N3O6. The largest absolute Gasteiger partial charge is 0.394 e. The predicted octanol–water partition coefficient (Wildman–Crippen LogP) is -2.06. The molecule has 0 aromatic heterocycles. The van der Waals surface area contributed by atoms with Crippen molar-refractivity contribution in [1.29, 1.82) is 0 Å². The molecule has 0 saturated carbocycles. The van der Waals surface area contributed by atoms with Crippen LogP contribution in [0.15, 0.2) is 29.4 Å². The van der Waals surface area contributed by atoms with E-state index in [1.807, 2.05) is 31.2 Å². The van der Waals surface area contributed by atoms with Gasteiger partial charge in [0.15, 0.2) is 0 Å². The highest BCUT2D eigenvalue weighted by atomic mass is 16.4. The topological polar surface area (TPSA) is 155 Å². The van der Waals surface area contributed by atoms with Crippen LogP contribution in [0.2, 0.25) is 0 Å². The molecule has 0 spiro atoms. The molecule has 7 N–H and O–H groups in total. The summed E-state index contributed by atoms with van der Waals surface area (Å²) in [5, 5.41) is 52.7. The molecule has 9 nitrogen and oxygen atoms in total. The number of benzene rings is 1. The summed E-state index contributed by atoms with van der Waals surface area (Å²) in [6, 6.07) is 7.42. The molecule has 0 aliphatic carbocycles. The number of carbonyl (C=O) groups is 1. The van der Waals surface area contributed by atoms with Crippen molar-refractivity contribution in [1.82, 2.24) is 5.43 Å². The van der Waals surface area contributed by atoms with E-state index in [4.69, 9.17) is 10.2 Å². The molecule has 0 fully saturated rings. The number of aliphatic hydroxyl groups is 5. The number of rotatable bonds is 9. The van der Waals surface area contributed by atoms with Crippen LogP contribution >= 0.6 is 0 Å². The molecule has 0 aliphatic rings. The van der Waals surface area contributed by atoms with Gasteiger partial charge in [-0.1, -0.05) is 17.7 Å². The van der Waals surface area contributed by atoms with Gasteiger partial charge in [0.2, 0.25) is 0 Å². The predicted molar refractivity (Wildman–Crippen MR) is 87.4 cm³/mol. The maximum atomic E-state index is 11.6. The van der Waals surface area contributed by atoms with Gasteiger partial charge in [0.05, 0.1) is 19.4 Å². The number of hydrazone groups is 1. The number of nitrogens with zero attached hydrogens (tertiary/aromatic N) is 1. The molecule has 4 atom stereocenters. The lowest BCUT2D eigenvalue weighted by atomic mass is 10.0. The van der Waals surface area contributed by atoms with Gasteiger partial charge in [0, 0.05) is 5.69 Å². The van der Waals surface area contributed by atoms with Gasteiger partial charge in [-0.15, -0.1) is 0 Å². The Morgan fingerprint density at radius 1 is 1.17 bits per heavy atom. The molecule has 0 aliphatic heterocycles. The third kappa shape index (κ3) is 6.60. The summed E-state index contributed by atoms with van der Waals surface area (Å²) >= 11 is 0. The Morgan fingerprint density at radius 3 is 2.38 bits per heavy atom. The van der Waals surface area contributed by atoms with Crippen LogP contribution in [0.4, 0.5) is 5.69 Å². The van der Waals surface area contributed by atoms with E-state index < -0.39 is 36.9 Å². The Bertz CT molecular complexity index is 537. The number of amides is 1. The lowest BCUT2D eigenvalue weighted by Gasteiger charge is -2.23. The SMILES string of the molecule is Cc1ccc(NCC(=O)N/N=C/[C@H](O)[C@@H](O)[C@@H](O)[C@H](O)CO)cc1. The molecule has 1 aromatic carbocycles. The molecule has 0 radical (unpaired) electrons. The van der Waals surface area contributed by atoms with Gasteiger partial charge in [-0.3, -0.25) is 4.79 Å². The van der Waals surface area contributed by atoms with Crippen LogP contribution in [-0.4, -0.2) is 75.2 Å². The Balaban J connectivity index is 2.37. The fourth-order valence-corrected chi connectivity index (χ4v) is 1.70. The van der Waals surface area contributed by atoms with E-state index in [1.165, 1.54) is 0 Å². The zero-order valence-corrected chi connectivity index (χ0v) is 13.2. The maximum absolute atomic E-state index is 11.6. The first-order valence-electron chi connectivity index (χ1n) is 7.31. The quantitative estimate of drug-likeness (QED) is 0.201. The van der Waals surface area contributed by atoms with Crippen LogP contribution in [0.1, 0.15) is 5.56 Å². The minimum atomic E-state index is -1.77. The number of anilines is 1. The van der Waals surface area contributed by atoms with Gasteiger partial charge < -0.3 is 30.8 Å². The Hall–Kier alpha value is -2.04. The van der Waals surface area contributed by atoms with Crippen molar-refractivity contribution in [2.75, 3.05) is 18.5 Å². The van der Waals surface area contributed by atoms with E-state index in [2.05, 4.69) is 15.8 Å². The normalized spacial score (nSPS) is 16.4. The molecule has 9 heteroatoms. The van der Waals surface area contributed by atoms with Crippen LogP contribution in [0, 0.1) is 6.92 Å². The molecule has 1 amide bonds. The van der Waals surface area contributed by atoms with Crippen molar-refractivity contribution in [3.05, 3.63) is 29.8 Å². The Kier molecular flexibility index (Phi) is 8.30. The first-order chi connectivity index (χ1) is 11.3. The highest BCUT2D eigenvalue weighted by Gasteiger charge is 2.29. The van der Waals surface area contributed by atoms with Gasteiger partial charge >= 0.3 is 0 Å². The van der Waals surface area contributed by atoms with E-state index in [0.29, 0.717) is 0 Å². The first kappa shape index (κ1) is 20.0. The highest BCUT2D eigenvalue weighted by molar-refractivity contribution is 5.81. The smallest absolute Gasteiger partial charge is 0.259 e. The number of hydrogen-bond acceptors (Lipinski definition) is 8. The summed E-state index contributed by atoms with van der Waals surface area (Å²) in [4.78, 5) is 11.6. The van der Waals surface area contributed by atoms with Crippen LogP contribution < -0.4 is 10.7 Å². The maximum Gasteiger partial charge on any atom is 0.259 e. The number of nitrogens with one attached hydrogen (secondary N) is 2. The van der Waals surface area contributed by atoms with Crippen molar-refractivity contribution in [3.8, 4) is 0 Å². The lowest BCUT2D eigenvalue weighted by molar-refractivity contribution is -0.119. The third-order valence-electron chi connectivity index (χ3n) is 3.20. The van der Waals surface area contributed by atoms with Crippen LogP contribution in [0.3, 0.4) is 0 Å². The summed E-state index contributed by atoms with van der Waals surface area (Å²) in [5.74, 6) is -0.482. The molecule has 0 bridgehead atoms. The Labute approximate surface area is 139 Å². The summed E-state index contributed by atoms with van der Waals surface area (Å²) in [5.41, 5.74) is 3.99. The van der Waals surface area contributed by atoms with Gasteiger partial charge in [0.1, 0.15) is 24.4 Å². The second-order valence-corrected chi connectivity index (χ2v) is 5.25. The minimum absolute atomic E-state index is 0.0507. The second-order valence-electron chi connectivity index (χ2n) is 5.25. The summed E-state index contributed by atoms with van der Waals surface area (Å²) in [7, 11) is 0. The first-order valence-corrected chi connectivity index (χ1v) is 7.31. The molecule has 0 saturated heterocycles. The summed E-state index contributed by atoms with van der Waals surface area (Å²) in [6.07, 6.45) is -5.95. The van der Waals surface area contributed by atoms with Crippen LogP contribution in [-0.2, 0) is 4.79 Å². The number of carbonyl (C=O) groups excluding carboxylic acids is 1. The molecule has 1 rings (SSSR count). The fraction of sp³-hybridized carbons (Fsp3) is 0.467. The summed E-state index contributed by atoms with van der Waals surface area (Å²) < 4.78 is 0. The molecule has 134 valence electrons. The standard InChI is InChI=1S/C15H23N3O6/c1-9-2-4-10(5-3-9)16-7-13(22)18-17-6-11(20)14(23)15(24)12(21)8-19/h2-6,11-12,14-16,19-21,23-24H,7-8H2,1H3,(H,18,22)/b17-6+/t11-,12+,14+,15-/m0/s1. The molecular weight excluding hydrogens is 318 g/mol.